The molecular formula is C17H27NO. The second-order valence-corrected chi connectivity index (χ2v) is 6.61. The average molecular weight is 261 g/mol. The Morgan fingerprint density at radius 2 is 1.53 bits per heavy atom. The van der Waals surface area contributed by atoms with Gasteiger partial charge in [-0.15, -0.1) is 0 Å². The Hall–Kier alpha value is -1.02. The van der Waals surface area contributed by atoms with Crippen LogP contribution in [0.2, 0.25) is 0 Å². The molecule has 0 bridgehead atoms. The van der Waals surface area contributed by atoms with Crippen LogP contribution in [0.5, 0.6) is 0 Å². The number of aliphatic hydroxyl groups excluding tert-OH is 1. The molecule has 0 spiro atoms. The van der Waals surface area contributed by atoms with Gasteiger partial charge >= 0.3 is 0 Å². The number of benzene rings is 1. The predicted molar refractivity (Wildman–Crippen MR) is 81.4 cm³/mol. The van der Waals surface area contributed by atoms with Gasteiger partial charge in [-0.25, -0.2) is 0 Å². The number of nitrogens with zero attached hydrogens (tertiary/aromatic N) is 1. The lowest BCUT2D eigenvalue weighted by molar-refractivity contribution is 0.0552. The summed E-state index contributed by atoms with van der Waals surface area (Å²) in [6.45, 7) is 4.62. The van der Waals surface area contributed by atoms with Crippen LogP contribution in [0.1, 0.15) is 44.8 Å². The SMILES string of the molecule is CC1CC(C)CC(C(O)c2ccc(N(C)C)cc2)C1. The van der Waals surface area contributed by atoms with Crippen molar-refractivity contribution in [2.75, 3.05) is 19.0 Å². The monoisotopic (exact) mass is 261 g/mol. The first kappa shape index (κ1) is 14.4. The van der Waals surface area contributed by atoms with E-state index in [9.17, 15) is 5.11 Å². The summed E-state index contributed by atoms with van der Waals surface area (Å²) in [5, 5.41) is 10.6. The highest BCUT2D eigenvalue weighted by molar-refractivity contribution is 5.46. The van der Waals surface area contributed by atoms with Crippen molar-refractivity contribution >= 4 is 5.69 Å². The fraction of sp³-hybridized carbons (Fsp3) is 0.647. The molecule has 1 aromatic carbocycles. The van der Waals surface area contributed by atoms with Gasteiger partial charge < -0.3 is 10.0 Å². The van der Waals surface area contributed by atoms with Crippen LogP contribution in [0.4, 0.5) is 5.69 Å². The molecular weight excluding hydrogens is 234 g/mol. The lowest BCUT2D eigenvalue weighted by Gasteiger charge is -2.34. The Kier molecular flexibility index (Phi) is 4.51. The third kappa shape index (κ3) is 3.50. The summed E-state index contributed by atoms with van der Waals surface area (Å²) < 4.78 is 0. The van der Waals surface area contributed by atoms with Crippen LogP contribution in [0.3, 0.4) is 0 Å². The Morgan fingerprint density at radius 1 is 1.00 bits per heavy atom. The van der Waals surface area contributed by atoms with E-state index in [0.29, 0.717) is 5.92 Å². The zero-order chi connectivity index (χ0) is 14.0. The van der Waals surface area contributed by atoms with Crippen LogP contribution in [-0.2, 0) is 0 Å². The van der Waals surface area contributed by atoms with E-state index in [0.717, 1.165) is 30.2 Å². The van der Waals surface area contributed by atoms with Gasteiger partial charge in [-0.3, -0.25) is 0 Å². The van der Waals surface area contributed by atoms with Gasteiger partial charge in [-0.05, 0) is 54.7 Å². The van der Waals surface area contributed by atoms with Crippen LogP contribution in [0.15, 0.2) is 24.3 Å². The summed E-state index contributed by atoms with van der Waals surface area (Å²) in [5.74, 6) is 1.90. The summed E-state index contributed by atoms with van der Waals surface area (Å²) in [6.07, 6.45) is 3.31. The zero-order valence-corrected chi connectivity index (χ0v) is 12.6. The maximum absolute atomic E-state index is 10.6. The van der Waals surface area contributed by atoms with Crippen LogP contribution in [0, 0.1) is 17.8 Å². The Labute approximate surface area is 117 Å². The maximum atomic E-state index is 10.6. The van der Waals surface area contributed by atoms with Gasteiger partial charge in [0, 0.05) is 19.8 Å². The third-order valence-electron chi connectivity index (χ3n) is 4.41. The molecule has 1 fully saturated rings. The quantitative estimate of drug-likeness (QED) is 0.893. The molecule has 19 heavy (non-hydrogen) atoms. The van der Waals surface area contributed by atoms with Gasteiger partial charge in [0.15, 0.2) is 0 Å². The molecule has 106 valence electrons. The lowest BCUT2D eigenvalue weighted by Crippen LogP contribution is -2.24. The zero-order valence-electron chi connectivity index (χ0n) is 12.6. The van der Waals surface area contributed by atoms with Crippen molar-refractivity contribution < 1.29 is 5.11 Å². The van der Waals surface area contributed by atoms with Crippen molar-refractivity contribution in [1.29, 1.82) is 0 Å². The smallest absolute Gasteiger partial charge is 0.0818 e. The fourth-order valence-electron chi connectivity index (χ4n) is 3.51. The first-order valence-electron chi connectivity index (χ1n) is 7.42. The standard InChI is InChI=1S/C17H27NO/c1-12-9-13(2)11-15(10-12)17(19)14-5-7-16(8-6-14)18(3)4/h5-8,12-13,15,17,19H,9-11H2,1-4H3. The number of aliphatic hydroxyl groups is 1. The van der Waals surface area contributed by atoms with Crippen LogP contribution >= 0.6 is 0 Å². The number of rotatable bonds is 3. The van der Waals surface area contributed by atoms with Crippen molar-refractivity contribution in [2.45, 2.75) is 39.2 Å². The number of hydrogen-bond acceptors (Lipinski definition) is 2. The van der Waals surface area contributed by atoms with Gasteiger partial charge in [0.2, 0.25) is 0 Å². The van der Waals surface area contributed by atoms with Crippen molar-refractivity contribution in [3.8, 4) is 0 Å². The van der Waals surface area contributed by atoms with E-state index < -0.39 is 0 Å². The van der Waals surface area contributed by atoms with Crippen molar-refractivity contribution in [2.24, 2.45) is 17.8 Å². The highest BCUT2D eigenvalue weighted by Crippen LogP contribution is 2.39. The maximum Gasteiger partial charge on any atom is 0.0818 e. The van der Waals surface area contributed by atoms with Crippen LogP contribution in [0.25, 0.3) is 0 Å². The molecule has 2 heteroatoms. The van der Waals surface area contributed by atoms with E-state index in [4.69, 9.17) is 0 Å². The molecule has 0 aliphatic heterocycles. The molecule has 1 N–H and O–H groups in total. The van der Waals surface area contributed by atoms with E-state index in [1.54, 1.807) is 0 Å². The van der Waals surface area contributed by atoms with Gasteiger partial charge in [0.1, 0.15) is 0 Å². The molecule has 0 saturated heterocycles. The molecule has 0 radical (unpaired) electrons. The van der Waals surface area contributed by atoms with Gasteiger partial charge in [0.25, 0.3) is 0 Å². The van der Waals surface area contributed by atoms with Crippen LogP contribution in [-0.4, -0.2) is 19.2 Å². The molecule has 1 saturated carbocycles. The van der Waals surface area contributed by atoms with Crippen molar-refractivity contribution in [3.05, 3.63) is 29.8 Å². The molecule has 0 amide bonds. The largest absolute Gasteiger partial charge is 0.388 e. The molecule has 3 atom stereocenters. The second kappa shape index (κ2) is 5.96. The molecule has 3 unspecified atom stereocenters. The highest BCUT2D eigenvalue weighted by Gasteiger charge is 2.29. The minimum atomic E-state index is -0.304. The summed E-state index contributed by atoms with van der Waals surface area (Å²) in [5.41, 5.74) is 2.25. The van der Waals surface area contributed by atoms with E-state index in [1.807, 2.05) is 14.1 Å². The molecule has 1 aliphatic rings. The minimum absolute atomic E-state index is 0.304. The first-order chi connectivity index (χ1) is 8.97. The summed E-state index contributed by atoms with van der Waals surface area (Å²) in [7, 11) is 4.08. The normalized spacial score (nSPS) is 29.0. The molecule has 0 aromatic heterocycles. The molecule has 1 aromatic rings. The summed E-state index contributed by atoms with van der Waals surface area (Å²) in [6, 6.07) is 8.33. The Bertz CT molecular complexity index is 388. The molecule has 0 heterocycles. The number of hydrogen-bond donors (Lipinski definition) is 1. The Balaban J connectivity index is 2.08. The van der Waals surface area contributed by atoms with E-state index >= 15 is 0 Å². The molecule has 2 rings (SSSR count). The lowest BCUT2D eigenvalue weighted by atomic mass is 9.73. The van der Waals surface area contributed by atoms with Crippen molar-refractivity contribution in [3.63, 3.8) is 0 Å². The van der Waals surface area contributed by atoms with E-state index in [1.165, 1.54) is 12.1 Å². The number of anilines is 1. The van der Waals surface area contributed by atoms with Crippen molar-refractivity contribution in [1.82, 2.24) is 0 Å². The summed E-state index contributed by atoms with van der Waals surface area (Å²) in [4.78, 5) is 2.08. The predicted octanol–water partition coefficient (Wildman–Crippen LogP) is 3.86. The highest BCUT2D eigenvalue weighted by atomic mass is 16.3. The second-order valence-electron chi connectivity index (χ2n) is 6.61. The third-order valence-corrected chi connectivity index (χ3v) is 4.41. The average Bonchev–Trinajstić information content (AvgIpc) is 2.37. The summed E-state index contributed by atoms with van der Waals surface area (Å²) >= 11 is 0. The Morgan fingerprint density at radius 3 is 2.00 bits per heavy atom. The minimum Gasteiger partial charge on any atom is -0.388 e. The first-order valence-corrected chi connectivity index (χ1v) is 7.42. The van der Waals surface area contributed by atoms with Crippen LogP contribution < -0.4 is 4.90 Å². The van der Waals surface area contributed by atoms with Gasteiger partial charge in [0.05, 0.1) is 6.10 Å². The molecule has 2 nitrogen and oxygen atoms in total. The topological polar surface area (TPSA) is 23.5 Å². The van der Waals surface area contributed by atoms with E-state index in [-0.39, 0.29) is 6.10 Å². The van der Waals surface area contributed by atoms with Gasteiger partial charge in [-0.2, -0.15) is 0 Å². The van der Waals surface area contributed by atoms with Gasteiger partial charge in [-0.1, -0.05) is 26.0 Å². The molecule has 1 aliphatic carbocycles. The fourth-order valence-corrected chi connectivity index (χ4v) is 3.51. The van der Waals surface area contributed by atoms with E-state index in [2.05, 4.69) is 43.0 Å².